The van der Waals surface area contributed by atoms with E-state index in [4.69, 9.17) is 4.74 Å². The van der Waals surface area contributed by atoms with Gasteiger partial charge >= 0.3 is 0 Å². The normalized spacial score (nSPS) is 10.6. The van der Waals surface area contributed by atoms with E-state index in [9.17, 15) is 5.21 Å². The Morgan fingerprint density at radius 3 is 2.77 bits per heavy atom. The van der Waals surface area contributed by atoms with Crippen molar-refractivity contribution in [3.63, 3.8) is 0 Å². The topological polar surface area (TPSA) is 49.1 Å². The second-order valence-corrected chi connectivity index (χ2v) is 6.38. The van der Waals surface area contributed by atoms with E-state index in [1.807, 2.05) is 41.8 Å². The zero-order valence-corrected chi connectivity index (χ0v) is 13.6. The number of rotatable bonds is 5. The van der Waals surface area contributed by atoms with Gasteiger partial charge in [-0.3, -0.25) is 0 Å². The summed E-state index contributed by atoms with van der Waals surface area (Å²) in [5.74, 6) is 1.51. The first kappa shape index (κ1) is 14.9. The van der Waals surface area contributed by atoms with E-state index in [0.717, 1.165) is 26.7 Å². The van der Waals surface area contributed by atoms with Crippen LogP contribution in [0.2, 0.25) is 0 Å². The maximum Gasteiger partial charge on any atom is 0.251 e. The molecule has 22 heavy (non-hydrogen) atoms. The number of benzene rings is 1. The molecule has 0 spiro atoms. The summed E-state index contributed by atoms with van der Waals surface area (Å²) in [5.41, 5.74) is 2.05. The van der Waals surface area contributed by atoms with Gasteiger partial charge in [0.1, 0.15) is 10.8 Å². The third kappa shape index (κ3) is 3.40. The number of thiazole rings is 1. The number of ether oxygens (including phenoxy) is 1. The van der Waals surface area contributed by atoms with Crippen molar-refractivity contribution < 1.29 is 9.47 Å². The van der Waals surface area contributed by atoms with Crippen molar-refractivity contribution in [2.75, 3.05) is 7.11 Å². The van der Waals surface area contributed by atoms with E-state index in [0.29, 0.717) is 10.8 Å². The van der Waals surface area contributed by atoms with Crippen LogP contribution < -0.4 is 9.47 Å². The van der Waals surface area contributed by atoms with Crippen LogP contribution in [-0.4, -0.2) is 12.1 Å². The van der Waals surface area contributed by atoms with Gasteiger partial charge in [-0.25, -0.2) is 4.98 Å². The van der Waals surface area contributed by atoms with Crippen LogP contribution in [-0.2, 0) is 5.75 Å². The van der Waals surface area contributed by atoms with Crippen molar-refractivity contribution in [2.24, 2.45) is 0 Å². The zero-order valence-electron chi connectivity index (χ0n) is 11.9. The van der Waals surface area contributed by atoms with Crippen molar-refractivity contribution in [3.05, 3.63) is 64.9 Å². The fraction of sp³-hybridized carbons (Fsp3) is 0.125. The van der Waals surface area contributed by atoms with Crippen LogP contribution in [0.3, 0.4) is 0 Å². The van der Waals surface area contributed by atoms with Crippen molar-refractivity contribution in [3.8, 4) is 16.3 Å². The molecule has 2 aromatic heterocycles. The Morgan fingerprint density at radius 2 is 2.05 bits per heavy atom. The van der Waals surface area contributed by atoms with Crippen LogP contribution in [0, 0.1) is 5.21 Å². The lowest BCUT2D eigenvalue weighted by atomic mass is 10.2. The first-order chi connectivity index (χ1) is 10.8. The standard InChI is InChI=1S/C16H14N2O2S2/c1-20-14-7-5-12(6-8-14)16-17-13(11-22-16)10-21-15-4-2-3-9-18(15)19/h2-9,11H,10H2,1H3. The monoisotopic (exact) mass is 330 g/mol. The molecule has 0 N–H and O–H groups in total. The number of hydrogen-bond donors (Lipinski definition) is 0. The number of hydrogen-bond acceptors (Lipinski definition) is 5. The van der Waals surface area contributed by atoms with E-state index < -0.39 is 0 Å². The molecular formula is C16H14N2O2S2. The lowest BCUT2D eigenvalue weighted by Gasteiger charge is -2.01. The van der Waals surface area contributed by atoms with Gasteiger partial charge in [0.05, 0.1) is 12.8 Å². The summed E-state index contributed by atoms with van der Waals surface area (Å²) in [6, 6.07) is 13.2. The Labute approximate surface area is 137 Å². The SMILES string of the molecule is COc1ccc(-c2nc(CSc3cccc[n+]3[O-])cs2)cc1. The van der Waals surface area contributed by atoms with Gasteiger partial charge in [0, 0.05) is 28.8 Å². The highest BCUT2D eigenvalue weighted by atomic mass is 32.2. The molecular weight excluding hydrogens is 316 g/mol. The Hall–Kier alpha value is -2.05. The molecule has 0 saturated carbocycles. The summed E-state index contributed by atoms with van der Waals surface area (Å²) in [5, 5.41) is 15.3. The van der Waals surface area contributed by atoms with Gasteiger partial charge < -0.3 is 9.94 Å². The van der Waals surface area contributed by atoms with Gasteiger partial charge in [-0.15, -0.1) is 11.3 Å². The van der Waals surface area contributed by atoms with Crippen molar-refractivity contribution >= 4 is 23.1 Å². The van der Waals surface area contributed by atoms with E-state index in [1.165, 1.54) is 18.0 Å². The predicted molar refractivity (Wildman–Crippen MR) is 89.1 cm³/mol. The van der Waals surface area contributed by atoms with Gasteiger partial charge in [0.2, 0.25) is 0 Å². The first-order valence-electron chi connectivity index (χ1n) is 6.66. The molecule has 6 heteroatoms. The molecule has 0 bridgehead atoms. The Kier molecular flexibility index (Phi) is 4.60. The van der Waals surface area contributed by atoms with Gasteiger partial charge in [-0.1, -0.05) is 0 Å². The summed E-state index contributed by atoms with van der Waals surface area (Å²) in [6.45, 7) is 0. The minimum atomic E-state index is 0.679. The molecule has 0 radical (unpaired) electrons. The Balaban J connectivity index is 1.69. The maximum absolute atomic E-state index is 11.6. The van der Waals surface area contributed by atoms with Crippen molar-refractivity contribution in [1.82, 2.24) is 4.98 Å². The van der Waals surface area contributed by atoms with Crippen molar-refractivity contribution in [2.45, 2.75) is 10.8 Å². The molecule has 0 saturated heterocycles. The van der Waals surface area contributed by atoms with Gasteiger partial charge in [0.25, 0.3) is 5.03 Å². The maximum atomic E-state index is 11.6. The molecule has 0 amide bonds. The van der Waals surface area contributed by atoms with Crippen LogP contribution in [0.4, 0.5) is 0 Å². The van der Waals surface area contributed by atoms with Crippen LogP contribution in [0.15, 0.2) is 59.1 Å². The lowest BCUT2D eigenvalue weighted by molar-refractivity contribution is -0.645. The molecule has 112 valence electrons. The van der Waals surface area contributed by atoms with Crippen molar-refractivity contribution in [1.29, 1.82) is 0 Å². The number of aromatic nitrogens is 2. The quantitative estimate of drug-likeness (QED) is 0.406. The molecule has 0 aliphatic carbocycles. The molecule has 0 atom stereocenters. The largest absolute Gasteiger partial charge is 0.618 e. The number of methoxy groups -OCH3 is 1. The van der Waals surface area contributed by atoms with E-state index in [1.54, 1.807) is 24.5 Å². The van der Waals surface area contributed by atoms with Gasteiger partial charge in [-0.05, 0) is 42.1 Å². The van der Waals surface area contributed by atoms with E-state index in [-0.39, 0.29) is 0 Å². The Morgan fingerprint density at radius 1 is 1.23 bits per heavy atom. The highest BCUT2D eigenvalue weighted by molar-refractivity contribution is 7.98. The molecule has 0 aliphatic heterocycles. The third-order valence-electron chi connectivity index (χ3n) is 3.05. The summed E-state index contributed by atoms with van der Waals surface area (Å²) in [4.78, 5) is 4.63. The molecule has 3 aromatic rings. The Bertz CT molecular complexity index is 757. The predicted octanol–water partition coefficient (Wildman–Crippen LogP) is 3.74. The molecule has 0 fully saturated rings. The summed E-state index contributed by atoms with van der Waals surface area (Å²) in [6.07, 6.45) is 1.51. The lowest BCUT2D eigenvalue weighted by Crippen LogP contribution is -2.27. The van der Waals surface area contributed by atoms with E-state index in [2.05, 4.69) is 4.98 Å². The summed E-state index contributed by atoms with van der Waals surface area (Å²) < 4.78 is 6.03. The molecule has 1 aromatic carbocycles. The van der Waals surface area contributed by atoms with Gasteiger partial charge in [0.15, 0.2) is 6.20 Å². The second-order valence-electron chi connectivity index (χ2n) is 4.53. The third-order valence-corrected chi connectivity index (χ3v) is 5.04. The molecule has 4 nitrogen and oxygen atoms in total. The average molecular weight is 330 g/mol. The fourth-order valence-electron chi connectivity index (χ4n) is 1.91. The highest BCUT2D eigenvalue weighted by Crippen LogP contribution is 2.28. The number of thioether (sulfide) groups is 1. The molecule has 2 heterocycles. The fourth-order valence-corrected chi connectivity index (χ4v) is 3.65. The van der Waals surface area contributed by atoms with Crippen LogP contribution in [0.5, 0.6) is 5.75 Å². The number of nitrogens with zero attached hydrogens (tertiary/aromatic N) is 2. The number of pyridine rings is 1. The zero-order chi connectivity index (χ0) is 15.4. The van der Waals surface area contributed by atoms with Crippen LogP contribution in [0.1, 0.15) is 5.69 Å². The average Bonchev–Trinajstić information content (AvgIpc) is 3.03. The molecule has 0 unspecified atom stereocenters. The summed E-state index contributed by atoms with van der Waals surface area (Å²) >= 11 is 3.09. The van der Waals surface area contributed by atoms with E-state index >= 15 is 0 Å². The molecule has 0 aliphatic rings. The van der Waals surface area contributed by atoms with Crippen LogP contribution in [0.25, 0.3) is 10.6 Å². The smallest absolute Gasteiger partial charge is 0.251 e. The second kappa shape index (κ2) is 6.81. The summed E-state index contributed by atoms with van der Waals surface area (Å²) in [7, 11) is 1.65. The first-order valence-corrected chi connectivity index (χ1v) is 8.52. The van der Waals surface area contributed by atoms with Crippen LogP contribution >= 0.6 is 23.1 Å². The highest BCUT2D eigenvalue weighted by Gasteiger charge is 2.09. The molecule has 3 rings (SSSR count). The van der Waals surface area contributed by atoms with Gasteiger partial charge in [-0.2, -0.15) is 4.73 Å². The minimum absolute atomic E-state index is 0.679. The minimum Gasteiger partial charge on any atom is -0.618 e.